The van der Waals surface area contributed by atoms with Gasteiger partial charge in [0.1, 0.15) is 11.4 Å². The number of nitrogen functional groups attached to an aromatic ring is 1. The first-order valence-corrected chi connectivity index (χ1v) is 5.92. The standard InChI is InChI=1S/C11H14N6O2/c1-3-7-9(17(18)19)8(4-2)16(15-7)11-10(12)13-5-6-14-11/h5-6H,3-4H2,1-2H3,(H2,12,13). The summed E-state index contributed by atoms with van der Waals surface area (Å²) in [5.41, 5.74) is 6.69. The number of nitrogens with zero attached hydrogens (tertiary/aromatic N) is 5. The first-order valence-electron chi connectivity index (χ1n) is 5.92. The zero-order chi connectivity index (χ0) is 14.0. The van der Waals surface area contributed by atoms with Crippen LogP contribution in [0.1, 0.15) is 25.2 Å². The van der Waals surface area contributed by atoms with Crippen LogP contribution in [0.3, 0.4) is 0 Å². The van der Waals surface area contributed by atoms with E-state index in [1.165, 1.54) is 17.1 Å². The van der Waals surface area contributed by atoms with Crippen LogP contribution >= 0.6 is 0 Å². The molecule has 0 fully saturated rings. The second-order valence-corrected chi connectivity index (χ2v) is 3.88. The molecule has 2 aromatic rings. The average Bonchev–Trinajstić information content (AvgIpc) is 2.77. The van der Waals surface area contributed by atoms with Crippen molar-refractivity contribution in [2.75, 3.05) is 5.73 Å². The first kappa shape index (κ1) is 12.9. The van der Waals surface area contributed by atoms with E-state index in [-0.39, 0.29) is 11.5 Å². The highest BCUT2D eigenvalue weighted by atomic mass is 16.6. The smallest absolute Gasteiger partial charge is 0.313 e. The van der Waals surface area contributed by atoms with Crippen molar-refractivity contribution < 1.29 is 4.92 Å². The van der Waals surface area contributed by atoms with Gasteiger partial charge in [-0.05, 0) is 12.8 Å². The van der Waals surface area contributed by atoms with Crippen LogP contribution in [-0.4, -0.2) is 24.7 Å². The second-order valence-electron chi connectivity index (χ2n) is 3.88. The van der Waals surface area contributed by atoms with E-state index in [1.54, 1.807) is 0 Å². The van der Waals surface area contributed by atoms with Crippen molar-refractivity contribution in [2.24, 2.45) is 0 Å². The molecule has 0 aliphatic heterocycles. The van der Waals surface area contributed by atoms with Crippen LogP contribution in [0, 0.1) is 10.1 Å². The fourth-order valence-electron chi connectivity index (χ4n) is 1.94. The lowest BCUT2D eigenvalue weighted by Gasteiger charge is -2.05. The summed E-state index contributed by atoms with van der Waals surface area (Å²) in [6, 6.07) is 0. The Morgan fingerprint density at radius 2 is 2.00 bits per heavy atom. The van der Waals surface area contributed by atoms with Gasteiger partial charge in [-0.1, -0.05) is 13.8 Å². The molecule has 2 aromatic heterocycles. The Bertz CT molecular complexity index is 622. The summed E-state index contributed by atoms with van der Waals surface area (Å²) >= 11 is 0. The predicted molar refractivity (Wildman–Crippen MR) is 69.0 cm³/mol. The molecule has 0 unspecified atom stereocenters. The number of aryl methyl sites for hydroxylation is 1. The topological polar surface area (TPSA) is 113 Å². The third-order valence-electron chi connectivity index (χ3n) is 2.78. The van der Waals surface area contributed by atoms with E-state index in [2.05, 4.69) is 15.1 Å². The quantitative estimate of drug-likeness (QED) is 0.655. The first-order chi connectivity index (χ1) is 9.10. The SMILES string of the molecule is CCc1nn(-c2nccnc2N)c(CC)c1[N+](=O)[O-]. The molecule has 8 heteroatoms. The summed E-state index contributed by atoms with van der Waals surface area (Å²) < 4.78 is 1.42. The minimum absolute atomic E-state index is 0.0371. The van der Waals surface area contributed by atoms with Gasteiger partial charge in [-0.25, -0.2) is 14.6 Å². The van der Waals surface area contributed by atoms with Crippen LogP contribution in [-0.2, 0) is 12.8 Å². The molecule has 0 aromatic carbocycles. The van der Waals surface area contributed by atoms with Crippen molar-refractivity contribution in [2.45, 2.75) is 26.7 Å². The fraction of sp³-hybridized carbons (Fsp3) is 0.364. The Kier molecular flexibility index (Phi) is 3.41. The van der Waals surface area contributed by atoms with Gasteiger partial charge < -0.3 is 5.73 Å². The number of rotatable bonds is 4. The predicted octanol–water partition coefficient (Wildman–Crippen LogP) is 1.28. The highest BCUT2D eigenvalue weighted by Gasteiger charge is 2.27. The maximum absolute atomic E-state index is 11.2. The van der Waals surface area contributed by atoms with Crippen LogP contribution in [0.15, 0.2) is 12.4 Å². The molecule has 0 radical (unpaired) electrons. The molecule has 2 N–H and O–H groups in total. The van der Waals surface area contributed by atoms with E-state index >= 15 is 0 Å². The van der Waals surface area contributed by atoms with Gasteiger partial charge in [0, 0.05) is 12.4 Å². The zero-order valence-electron chi connectivity index (χ0n) is 10.7. The van der Waals surface area contributed by atoms with E-state index < -0.39 is 4.92 Å². The van der Waals surface area contributed by atoms with Gasteiger partial charge in [0.05, 0.1) is 4.92 Å². The Balaban J connectivity index is 2.71. The van der Waals surface area contributed by atoms with Crippen molar-refractivity contribution >= 4 is 11.5 Å². The number of hydrogen-bond donors (Lipinski definition) is 1. The molecule has 0 saturated carbocycles. The number of aromatic nitrogens is 4. The van der Waals surface area contributed by atoms with Crippen LogP contribution in [0.5, 0.6) is 0 Å². The number of nitro groups is 1. The molecule has 0 atom stereocenters. The molecule has 0 saturated heterocycles. The lowest BCUT2D eigenvalue weighted by Crippen LogP contribution is -2.09. The molecule has 2 rings (SSSR count). The molecule has 0 bridgehead atoms. The van der Waals surface area contributed by atoms with E-state index in [0.29, 0.717) is 30.0 Å². The van der Waals surface area contributed by atoms with Gasteiger partial charge in [-0.2, -0.15) is 5.10 Å². The lowest BCUT2D eigenvalue weighted by atomic mass is 10.2. The van der Waals surface area contributed by atoms with Crippen LogP contribution in [0.25, 0.3) is 5.82 Å². The van der Waals surface area contributed by atoms with Crippen molar-refractivity contribution in [3.63, 3.8) is 0 Å². The molecular weight excluding hydrogens is 248 g/mol. The molecule has 0 aliphatic carbocycles. The van der Waals surface area contributed by atoms with Crippen molar-refractivity contribution in [1.29, 1.82) is 0 Å². The van der Waals surface area contributed by atoms with Crippen LogP contribution < -0.4 is 5.73 Å². The highest BCUT2D eigenvalue weighted by molar-refractivity contribution is 5.51. The highest BCUT2D eigenvalue weighted by Crippen LogP contribution is 2.27. The maximum Gasteiger partial charge on any atom is 0.313 e. The van der Waals surface area contributed by atoms with Crippen LogP contribution in [0.2, 0.25) is 0 Å². The molecule has 8 nitrogen and oxygen atoms in total. The molecule has 0 spiro atoms. The third-order valence-corrected chi connectivity index (χ3v) is 2.78. The zero-order valence-corrected chi connectivity index (χ0v) is 10.7. The Labute approximate surface area is 109 Å². The average molecular weight is 262 g/mol. The minimum Gasteiger partial charge on any atom is -0.381 e. The summed E-state index contributed by atoms with van der Waals surface area (Å²) in [5, 5.41) is 15.4. The van der Waals surface area contributed by atoms with Gasteiger partial charge in [0.15, 0.2) is 11.6 Å². The van der Waals surface area contributed by atoms with E-state index in [9.17, 15) is 10.1 Å². The largest absolute Gasteiger partial charge is 0.381 e. The second kappa shape index (κ2) is 5.01. The summed E-state index contributed by atoms with van der Waals surface area (Å²) in [6.45, 7) is 3.64. The maximum atomic E-state index is 11.2. The Hall–Kier alpha value is -2.51. The number of hydrogen-bond acceptors (Lipinski definition) is 6. The minimum atomic E-state index is -0.409. The molecular formula is C11H14N6O2. The fourth-order valence-corrected chi connectivity index (χ4v) is 1.94. The van der Waals surface area contributed by atoms with Crippen molar-refractivity contribution in [3.05, 3.63) is 33.9 Å². The molecule has 2 heterocycles. The van der Waals surface area contributed by atoms with Crippen molar-refractivity contribution in [1.82, 2.24) is 19.7 Å². The van der Waals surface area contributed by atoms with Gasteiger partial charge >= 0.3 is 5.69 Å². The van der Waals surface area contributed by atoms with E-state index in [4.69, 9.17) is 5.73 Å². The Morgan fingerprint density at radius 1 is 1.32 bits per heavy atom. The molecule has 0 aliphatic rings. The van der Waals surface area contributed by atoms with Crippen molar-refractivity contribution in [3.8, 4) is 5.82 Å². The summed E-state index contributed by atoms with van der Waals surface area (Å²) in [5.74, 6) is 0.513. The van der Waals surface area contributed by atoms with Gasteiger partial charge in [-0.3, -0.25) is 10.1 Å². The summed E-state index contributed by atoms with van der Waals surface area (Å²) in [7, 11) is 0. The lowest BCUT2D eigenvalue weighted by molar-refractivity contribution is -0.386. The van der Waals surface area contributed by atoms with Crippen LogP contribution in [0.4, 0.5) is 11.5 Å². The van der Waals surface area contributed by atoms with E-state index in [1.807, 2.05) is 13.8 Å². The molecule has 100 valence electrons. The summed E-state index contributed by atoms with van der Waals surface area (Å²) in [6.07, 6.45) is 3.86. The number of anilines is 1. The summed E-state index contributed by atoms with van der Waals surface area (Å²) in [4.78, 5) is 18.8. The molecule has 19 heavy (non-hydrogen) atoms. The van der Waals surface area contributed by atoms with E-state index in [0.717, 1.165) is 0 Å². The van der Waals surface area contributed by atoms with Gasteiger partial charge in [0.25, 0.3) is 0 Å². The van der Waals surface area contributed by atoms with Gasteiger partial charge in [0.2, 0.25) is 0 Å². The third kappa shape index (κ3) is 2.12. The monoisotopic (exact) mass is 262 g/mol. The Morgan fingerprint density at radius 3 is 2.53 bits per heavy atom. The number of nitrogens with two attached hydrogens (primary N) is 1. The van der Waals surface area contributed by atoms with Gasteiger partial charge in [-0.15, -0.1) is 0 Å². The molecule has 0 amide bonds. The normalized spacial score (nSPS) is 10.6.